The van der Waals surface area contributed by atoms with Crippen LogP contribution in [-0.4, -0.2) is 35.0 Å². The molecule has 1 aromatic carbocycles. The third-order valence-electron chi connectivity index (χ3n) is 4.50. The first-order chi connectivity index (χ1) is 13.8. The van der Waals surface area contributed by atoms with E-state index < -0.39 is 0 Å². The summed E-state index contributed by atoms with van der Waals surface area (Å²) in [4.78, 5) is 16.0. The first kappa shape index (κ1) is 18.4. The van der Waals surface area contributed by atoms with Crippen molar-refractivity contribution < 1.29 is 4.74 Å². The zero-order valence-electron chi connectivity index (χ0n) is 15.8. The number of rotatable bonds is 7. The van der Waals surface area contributed by atoms with Crippen molar-refractivity contribution in [2.75, 3.05) is 35.6 Å². The van der Waals surface area contributed by atoms with E-state index in [9.17, 15) is 0 Å². The molecule has 7 nitrogen and oxygen atoms in total. The number of anilines is 3. The summed E-state index contributed by atoms with van der Waals surface area (Å²) in [6.45, 7) is 2.04. The fraction of sp³-hybridized carbons (Fsp3) is 0.250. The number of aromatic nitrogens is 3. The molecular formula is C20H22N6OS. The van der Waals surface area contributed by atoms with Gasteiger partial charge in [-0.3, -0.25) is 4.98 Å². The number of ether oxygens (including phenoxy) is 1. The average molecular weight is 395 g/mol. The van der Waals surface area contributed by atoms with Crippen LogP contribution < -0.4 is 20.3 Å². The molecule has 2 N–H and O–H groups in total. The zero-order valence-corrected chi connectivity index (χ0v) is 16.7. The van der Waals surface area contributed by atoms with Crippen molar-refractivity contribution in [2.45, 2.75) is 18.2 Å². The lowest BCUT2D eigenvalue weighted by Gasteiger charge is -2.17. The molecule has 2 aromatic heterocycles. The van der Waals surface area contributed by atoms with Gasteiger partial charge in [0.15, 0.2) is 16.8 Å². The van der Waals surface area contributed by atoms with Gasteiger partial charge in [0, 0.05) is 12.7 Å². The molecule has 0 amide bonds. The molecule has 3 aromatic rings. The predicted octanol–water partition coefficient (Wildman–Crippen LogP) is 3.60. The van der Waals surface area contributed by atoms with Crippen LogP contribution in [0.2, 0.25) is 0 Å². The predicted molar refractivity (Wildman–Crippen MR) is 113 cm³/mol. The Morgan fingerprint density at radius 1 is 1.18 bits per heavy atom. The molecule has 0 aliphatic carbocycles. The van der Waals surface area contributed by atoms with Crippen LogP contribution in [-0.2, 0) is 13.1 Å². The maximum Gasteiger partial charge on any atom is 0.191 e. The molecule has 0 atom stereocenters. The Kier molecular flexibility index (Phi) is 5.48. The van der Waals surface area contributed by atoms with Crippen LogP contribution >= 0.6 is 11.8 Å². The van der Waals surface area contributed by atoms with Crippen LogP contribution in [0.5, 0.6) is 5.75 Å². The molecule has 0 saturated carbocycles. The van der Waals surface area contributed by atoms with Crippen molar-refractivity contribution in [3.63, 3.8) is 0 Å². The van der Waals surface area contributed by atoms with Gasteiger partial charge in [-0.2, -0.15) is 0 Å². The minimum Gasteiger partial charge on any atom is -0.497 e. The van der Waals surface area contributed by atoms with Crippen LogP contribution in [0.1, 0.15) is 11.3 Å². The summed E-state index contributed by atoms with van der Waals surface area (Å²) in [6, 6.07) is 14.0. The number of benzene rings is 1. The maximum absolute atomic E-state index is 5.22. The Morgan fingerprint density at radius 2 is 2.04 bits per heavy atom. The minimum atomic E-state index is 0.670. The number of pyridine rings is 1. The normalized spacial score (nSPS) is 12.4. The molecule has 0 saturated heterocycles. The highest BCUT2D eigenvalue weighted by atomic mass is 32.2. The van der Waals surface area contributed by atoms with Gasteiger partial charge in [-0.25, -0.2) is 9.97 Å². The van der Waals surface area contributed by atoms with Crippen molar-refractivity contribution >= 4 is 29.1 Å². The second kappa shape index (κ2) is 8.35. The summed E-state index contributed by atoms with van der Waals surface area (Å²) in [7, 11) is 1.67. The molecule has 8 heteroatoms. The highest BCUT2D eigenvalue weighted by Crippen LogP contribution is 2.37. The highest BCUT2D eigenvalue weighted by molar-refractivity contribution is 7.98. The van der Waals surface area contributed by atoms with Gasteiger partial charge in [0.05, 0.1) is 26.0 Å². The first-order valence-corrected chi connectivity index (χ1v) is 10.2. The number of methoxy groups -OCH3 is 1. The third-order valence-corrected chi connectivity index (χ3v) is 5.04. The Morgan fingerprint density at radius 3 is 2.75 bits per heavy atom. The van der Waals surface area contributed by atoms with E-state index in [1.807, 2.05) is 54.9 Å². The van der Waals surface area contributed by atoms with Crippen molar-refractivity contribution in [3.8, 4) is 5.75 Å². The molecule has 0 fully saturated rings. The van der Waals surface area contributed by atoms with E-state index in [-0.39, 0.29) is 0 Å². The molecule has 4 rings (SSSR count). The number of fused-ring (bicyclic) bond motifs is 1. The number of thioether (sulfide) groups is 1. The standard InChI is InChI=1S/C20H22N6OS/c1-27-16-8-6-14(7-9-16)11-22-18-17-19(25-20(24-18)28-2)26(13-23-17)12-15-5-3-4-10-21-15/h3-10,23H,11-13H2,1-2H3,(H,22,24,25). The molecule has 0 radical (unpaired) electrons. The van der Waals surface area contributed by atoms with Gasteiger partial charge in [0.2, 0.25) is 0 Å². The van der Waals surface area contributed by atoms with Crippen LogP contribution in [0.15, 0.2) is 53.8 Å². The molecule has 0 unspecified atom stereocenters. The van der Waals surface area contributed by atoms with E-state index in [2.05, 4.69) is 25.5 Å². The van der Waals surface area contributed by atoms with Gasteiger partial charge >= 0.3 is 0 Å². The Hall–Kier alpha value is -3.00. The number of hydrogen-bond acceptors (Lipinski definition) is 8. The Bertz CT molecular complexity index is 935. The van der Waals surface area contributed by atoms with Crippen molar-refractivity contribution in [1.82, 2.24) is 15.0 Å². The largest absolute Gasteiger partial charge is 0.497 e. The van der Waals surface area contributed by atoms with E-state index in [0.29, 0.717) is 19.8 Å². The average Bonchev–Trinajstić information content (AvgIpc) is 3.15. The van der Waals surface area contributed by atoms with Gasteiger partial charge in [-0.1, -0.05) is 30.0 Å². The molecule has 3 heterocycles. The topological polar surface area (TPSA) is 75.2 Å². The van der Waals surface area contributed by atoms with Crippen LogP contribution in [0.4, 0.5) is 17.3 Å². The van der Waals surface area contributed by atoms with E-state index in [1.54, 1.807) is 7.11 Å². The minimum absolute atomic E-state index is 0.670. The smallest absolute Gasteiger partial charge is 0.191 e. The third kappa shape index (κ3) is 3.96. The second-order valence-electron chi connectivity index (χ2n) is 6.31. The van der Waals surface area contributed by atoms with Crippen molar-refractivity contribution in [2.24, 2.45) is 0 Å². The summed E-state index contributed by atoms with van der Waals surface area (Å²) in [5.41, 5.74) is 3.10. The number of nitrogens with one attached hydrogen (secondary N) is 2. The fourth-order valence-corrected chi connectivity index (χ4v) is 3.40. The maximum atomic E-state index is 5.22. The van der Waals surface area contributed by atoms with Gasteiger partial charge in [-0.05, 0) is 36.1 Å². The molecule has 144 valence electrons. The molecule has 1 aliphatic rings. The van der Waals surface area contributed by atoms with Gasteiger partial charge in [-0.15, -0.1) is 0 Å². The Balaban J connectivity index is 1.55. The summed E-state index contributed by atoms with van der Waals surface area (Å²) < 4.78 is 5.22. The van der Waals surface area contributed by atoms with Gasteiger partial charge < -0.3 is 20.3 Å². The number of hydrogen-bond donors (Lipinski definition) is 2. The fourth-order valence-electron chi connectivity index (χ4n) is 3.04. The Labute approximate surface area is 168 Å². The monoisotopic (exact) mass is 394 g/mol. The highest BCUT2D eigenvalue weighted by Gasteiger charge is 2.25. The lowest BCUT2D eigenvalue weighted by Crippen LogP contribution is -2.23. The molecule has 1 aliphatic heterocycles. The van der Waals surface area contributed by atoms with Gasteiger partial charge in [0.1, 0.15) is 11.4 Å². The van der Waals surface area contributed by atoms with E-state index in [4.69, 9.17) is 9.72 Å². The number of nitrogens with zero attached hydrogens (tertiary/aromatic N) is 4. The second-order valence-corrected chi connectivity index (χ2v) is 7.09. The molecular weight excluding hydrogens is 372 g/mol. The van der Waals surface area contributed by atoms with E-state index >= 15 is 0 Å². The zero-order chi connectivity index (χ0) is 19.3. The lowest BCUT2D eigenvalue weighted by molar-refractivity contribution is 0.414. The summed E-state index contributed by atoms with van der Waals surface area (Å²) >= 11 is 1.54. The summed E-state index contributed by atoms with van der Waals surface area (Å²) in [6.07, 6.45) is 3.80. The molecule has 0 bridgehead atoms. The van der Waals surface area contributed by atoms with Crippen LogP contribution in [0.25, 0.3) is 0 Å². The summed E-state index contributed by atoms with van der Waals surface area (Å²) in [5, 5.41) is 7.62. The van der Waals surface area contributed by atoms with Gasteiger partial charge in [0.25, 0.3) is 0 Å². The quantitative estimate of drug-likeness (QED) is 0.465. The van der Waals surface area contributed by atoms with Crippen molar-refractivity contribution in [3.05, 3.63) is 59.9 Å². The lowest BCUT2D eigenvalue weighted by atomic mass is 10.2. The van der Waals surface area contributed by atoms with Crippen molar-refractivity contribution in [1.29, 1.82) is 0 Å². The SMILES string of the molecule is COc1ccc(CNc2nc(SC)nc3c2NCN3Cc2ccccn2)cc1. The summed E-state index contributed by atoms with van der Waals surface area (Å²) in [5.74, 6) is 2.57. The van der Waals surface area contributed by atoms with E-state index in [1.165, 1.54) is 11.8 Å². The first-order valence-electron chi connectivity index (χ1n) is 8.98. The van der Waals surface area contributed by atoms with E-state index in [0.717, 1.165) is 39.5 Å². The molecule has 0 spiro atoms. The van der Waals surface area contributed by atoms with Crippen LogP contribution in [0, 0.1) is 0 Å². The van der Waals surface area contributed by atoms with Crippen LogP contribution in [0.3, 0.4) is 0 Å². The molecule has 28 heavy (non-hydrogen) atoms.